The van der Waals surface area contributed by atoms with Crippen LogP contribution in [0, 0.1) is 0 Å². The lowest BCUT2D eigenvalue weighted by Crippen LogP contribution is -2.58. The summed E-state index contributed by atoms with van der Waals surface area (Å²) < 4.78 is 0. The zero-order valence-electron chi connectivity index (χ0n) is 12.2. The maximum absolute atomic E-state index is 11.9. The first-order chi connectivity index (χ1) is 10.0. The molecule has 0 spiro atoms. The predicted octanol–water partition coefficient (Wildman–Crippen LogP) is 0.695. The van der Waals surface area contributed by atoms with E-state index in [4.69, 9.17) is 0 Å². The Hall–Kier alpha value is -1.79. The number of rotatable bonds is 4. The number of nitrogens with zero attached hydrogens (tertiary/aromatic N) is 1. The van der Waals surface area contributed by atoms with Crippen LogP contribution in [0.25, 0.3) is 0 Å². The van der Waals surface area contributed by atoms with Gasteiger partial charge in [-0.15, -0.1) is 0 Å². The molecular formula is C14H23N3O4. The summed E-state index contributed by atoms with van der Waals surface area (Å²) in [4.78, 5) is 36.9. The molecule has 3 N–H and O–H groups in total. The molecule has 1 heterocycles. The van der Waals surface area contributed by atoms with E-state index in [9.17, 15) is 19.5 Å². The second kappa shape index (κ2) is 6.78. The topological polar surface area (TPSA) is 98.7 Å². The zero-order valence-corrected chi connectivity index (χ0v) is 12.2. The third-order valence-corrected chi connectivity index (χ3v) is 4.33. The van der Waals surface area contributed by atoms with E-state index >= 15 is 0 Å². The van der Waals surface area contributed by atoms with Crippen LogP contribution in [-0.2, 0) is 9.59 Å². The Labute approximate surface area is 124 Å². The molecule has 1 saturated heterocycles. The maximum Gasteiger partial charge on any atom is 0.329 e. The fraction of sp³-hybridized carbons (Fsp3) is 0.786. The molecule has 2 aliphatic rings. The average molecular weight is 297 g/mol. The molecule has 1 saturated carbocycles. The number of amides is 3. The SMILES string of the molecule is O=C(NCC(=O)N1CCCC1)NC1(C(=O)O)CCCCC1. The lowest BCUT2D eigenvalue weighted by atomic mass is 9.82. The largest absolute Gasteiger partial charge is 0.480 e. The molecule has 7 heteroatoms. The summed E-state index contributed by atoms with van der Waals surface area (Å²) in [5.41, 5.74) is -1.18. The third kappa shape index (κ3) is 3.86. The minimum absolute atomic E-state index is 0.0818. The summed E-state index contributed by atoms with van der Waals surface area (Å²) in [6.45, 7) is 1.39. The van der Waals surface area contributed by atoms with E-state index in [1.54, 1.807) is 4.90 Å². The first-order valence-corrected chi connectivity index (χ1v) is 7.61. The molecule has 0 aromatic rings. The van der Waals surface area contributed by atoms with Crippen molar-refractivity contribution in [1.29, 1.82) is 0 Å². The molecule has 1 aliphatic heterocycles. The highest BCUT2D eigenvalue weighted by atomic mass is 16.4. The highest BCUT2D eigenvalue weighted by Crippen LogP contribution is 2.28. The van der Waals surface area contributed by atoms with Gasteiger partial charge < -0.3 is 20.6 Å². The molecule has 0 unspecified atom stereocenters. The van der Waals surface area contributed by atoms with Gasteiger partial charge in [0, 0.05) is 13.1 Å². The third-order valence-electron chi connectivity index (χ3n) is 4.33. The Bertz CT molecular complexity index is 412. The van der Waals surface area contributed by atoms with E-state index in [1.807, 2.05) is 0 Å². The van der Waals surface area contributed by atoms with E-state index in [1.165, 1.54) is 0 Å². The predicted molar refractivity (Wildman–Crippen MR) is 75.8 cm³/mol. The molecule has 118 valence electrons. The molecule has 0 aromatic heterocycles. The molecule has 1 aliphatic carbocycles. The van der Waals surface area contributed by atoms with Crippen LogP contribution in [0.2, 0.25) is 0 Å². The quantitative estimate of drug-likeness (QED) is 0.711. The molecule has 21 heavy (non-hydrogen) atoms. The van der Waals surface area contributed by atoms with E-state index in [0.29, 0.717) is 12.8 Å². The number of carboxylic acid groups (broad SMARTS) is 1. The minimum atomic E-state index is -1.18. The van der Waals surface area contributed by atoms with Crippen molar-refractivity contribution in [2.75, 3.05) is 19.6 Å². The highest BCUT2D eigenvalue weighted by Gasteiger charge is 2.41. The number of carbonyl (C=O) groups is 3. The molecule has 0 atom stereocenters. The second-order valence-electron chi connectivity index (χ2n) is 5.84. The monoisotopic (exact) mass is 297 g/mol. The highest BCUT2D eigenvalue weighted by molar-refractivity contribution is 5.88. The molecule has 2 rings (SSSR count). The van der Waals surface area contributed by atoms with Crippen LogP contribution in [0.3, 0.4) is 0 Å². The van der Waals surface area contributed by atoms with Crippen LogP contribution in [0.5, 0.6) is 0 Å². The molecule has 7 nitrogen and oxygen atoms in total. The lowest BCUT2D eigenvalue weighted by Gasteiger charge is -2.33. The van der Waals surface area contributed by atoms with Crippen molar-refractivity contribution in [2.45, 2.75) is 50.5 Å². The second-order valence-corrected chi connectivity index (χ2v) is 5.84. The van der Waals surface area contributed by atoms with Crippen molar-refractivity contribution in [2.24, 2.45) is 0 Å². The average Bonchev–Trinajstić information content (AvgIpc) is 3.00. The van der Waals surface area contributed by atoms with E-state index in [2.05, 4.69) is 10.6 Å². The molecule has 0 aromatic carbocycles. The number of carbonyl (C=O) groups excluding carboxylic acids is 2. The number of hydrogen-bond donors (Lipinski definition) is 3. The van der Waals surface area contributed by atoms with Gasteiger partial charge >= 0.3 is 12.0 Å². The minimum Gasteiger partial charge on any atom is -0.480 e. The number of carboxylic acids is 1. The van der Waals surface area contributed by atoms with Gasteiger partial charge in [0.25, 0.3) is 0 Å². The number of aliphatic carboxylic acids is 1. The summed E-state index contributed by atoms with van der Waals surface area (Å²) in [6.07, 6.45) is 5.45. The Morgan fingerprint density at radius 1 is 1.00 bits per heavy atom. The summed E-state index contributed by atoms with van der Waals surface area (Å²) >= 11 is 0. The standard InChI is InChI=1S/C14H23N3O4/c18-11(17-8-4-5-9-17)10-15-13(21)16-14(12(19)20)6-2-1-3-7-14/h1-10H2,(H,19,20)(H2,15,16,21). The van der Waals surface area contributed by atoms with Gasteiger partial charge in [-0.05, 0) is 25.7 Å². The van der Waals surface area contributed by atoms with Crippen LogP contribution in [0.4, 0.5) is 4.79 Å². The first kappa shape index (κ1) is 15.6. The van der Waals surface area contributed by atoms with Gasteiger partial charge in [0.2, 0.25) is 5.91 Å². The Kier molecular flexibility index (Phi) is 5.03. The van der Waals surface area contributed by atoms with Gasteiger partial charge in [0.05, 0.1) is 6.54 Å². The first-order valence-electron chi connectivity index (χ1n) is 7.61. The van der Waals surface area contributed by atoms with Crippen molar-refractivity contribution >= 4 is 17.9 Å². The number of urea groups is 1. The Morgan fingerprint density at radius 2 is 1.62 bits per heavy atom. The van der Waals surface area contributed by atoms with Crippen molar-refractivity contribution in [1.82, 2.24) is 15.5 Å². The molecule has 0 bridgehead atoms. The van der Waals surface area contributed by atoms with Crippen LogP contribution in [0.1, 0.15) is 44.9 Å². The summed E-state index contributed by atoms with van der Waals surface area (Å²) in [7, 11) is 0. The van der Waals surface area contributed by atoms with Gasteiger partial charge in [0.1, 0.15) is 5.54 Å². The van der Waals surface area contributed by atoms with Crippen LogP contribution >= 0.6 is 0 Å². The molecule has 0 radical (unpaired) electrons. The van der Waals surface area contributed by atoms with E-state index in [0.717, 1.165) is 45.2 Å². The van der Waals surface area contributed by atoms with Crippen molar-refractivity contribution < 1.29 is 19.5 Å². The van der Waals surface area contributed by atoms with E-state index < -0.39 is 17.5 Å². The molecular weight excluding hydrogens is 274 g/mol. The van der Waals surface area contributed by atoms with Crippen molar-refractivity contribution in [3.63, 3.8) is 0 Å². The van der Waals surface area contributed by atoms with Crippen molar-refractivity contribution in [3.05, 3.63) is 0 Å². The van der Waals surface area contributed by atoms with Gasteiger partial charge in [0.15, 0.2) is 0 Å². The lowest BCUT2D eigenvalue weighted by molar-refractivity contribution is -0.145. The van der Waals surface area contributed by atoms with Crippen LogP contribution in [0.15, 0.2) is 0 Å². The van der Waals surface area contributed by atoms with Gasteiger partial charge in [-0.3, -0.25) is 4.79 Å². The van der Waals surface area contributed by atoms with Crippen LogP contribution < -0.4 is 10.6 Å². The summed E-state index contributed by atoms with van der Waals surface area (Å²) in [5.74, 6) is -1.11. The summed E-state index contributed by atoms with van der Waals surface area (Å²) in [6, 6.07) is -0.577. The Morgan fingerprint density at radius 3 is 2.19 bits per heavy atom. The zero-order chi connectivity index (χ0) is 15.3. The Balaban J connectivity index is 1.82. The number of likely N-dealkylation sites (tertiary alicyclic amines) is 1. The molecule has 3 amide bonds. The molecule has 2 fully saturated rings. The number of nitrogens with one attached hydrogen (secondary N) is 2. The van der Waals surface area contributed by atoms with Crippen molar-refractivity contribution in [3.8, 4) is 0 Å². The van der Waals surface area contributed by atoms with Gasteiger partial charge in [-0.25, -0.2) is 9.59 Å². The van der Waals surface area contributed by atoms with E-state index in [-0.39, 0.29) is 12.5 Å². The smallest absolute Gasteiger partial charge is 0.329 e. The normalized spacial score (nSPS) is 20.9. The number of hydrogen-bond acceptors (Lipinski definition) is 3. The maximum atomic E-state index is 11.9. The fourth-order valence-corrected chi connectivity index (χ4v) is 3.04. The van der Waals surface area contributed by atoms with Gasteiger partial charge in [-0.2, -0.15) is 0 Å². The fourth-order valence-electron chi connectivity index (χ4n) is 3.04. The van der Waals surface area contributed by atoms with Crippen LogP contribution in [-0.4, -0.2) is 53.1 Å². The van der Waals surface area contributed by atoms with Gasteiger partial charge in [-0.1, -0.05) is 19.3 Å². The summed E-state index contributed by atoms with van der Waals surface area (Å²) in [5, 5.41) is 14.4.